The van der Waals surface area contributed by atoms with Crippen LogP contribution in [0.5, 0.6) is 0 Å². The maximum atomic E-state index is 13.2. The highest BCUT2D eigenvalue weighted by atomic mass is 35.5. The molecule has 3 aromatic rings. The average molecular weight is 489 g/mol. The lowest BCUT2D eigenvalue weighted by molar-refractivity contribution is -0.136. The molecular formula is C22H25ClN6O3S. The number of sulfonamides is 1. The molecule has 0 unspecified atom stereocenters. The summed E-state index contributed by atoms with van der Waals surface area (Å²) in [6.45, 7) is 2.81. The Morgan fingerprint density at radius 2 is 1.79 bits per heavy atom. The summed E-state index contributed by atoms with van der Waals surface area (Å²) in [6, 6.07) is 14.6. The minimum Gasteiger partial charge on any atom is -0.341 e. The van der Waals surface area contributed by atoms with Gasteiger partial charge in [-0.2, -0.15) is 4.80 Å². The predicted molar refractivity (Wildman–Crippen MR) is 124 cm³/mol. The van der Waals surface area contributed by atoms with Crippen molar-refractivity contribution in [3.8, 4) is 11.4 Å². The van der Waals surface area contributed by atoms with Gasteiger partial charge in [0.15, 0.2) is 6.04 Å². The van der Waals surface area contributed by atoms with Crippen molar-refractivity contribution >= 4 is 27.5 Å². The number of carbonyl (C=O) groups excluding carboxylic acids is 1. The number of aromatic nitrogens is 4. The Bertz CT molecular complexity index is 1190. The molecule has 1 aliphatic rings. The van der Waals surface area contributed by atoms with Crippen molar-refractivity contribution < 1.29 is 13.2 Å². The van der Waals surface area contributed by atoms with Crippen LogP contribution in [-0.4, -0.2) is 58.6 Å². The normalized spacial score (nSPS) is 16.0. The van der Waals surface area contributed by atoms with Gasteiger partial charge < -0.3 is 4.90 Å². The van der Waals surface area contributed by atoms with Gasteiger partial charge in [-0.1, -0.05) is 36.7 Å². The van der Waals surface area contributed by atoms with Crippen LogP contribution in [0.3, 0.4) is 0 Å². The van der Waals surface area contributed by atoms with Crippen molar-refractivity contribution in [2.75, 3.05) is 13.1 Å². The standard InChI is InChI=1S/C22H25ClN6O3S/c1-2-20(29-25-21(24-27-29)16-8-10-17(23)11-9-16)22(30)28-14-12-18(13-15-28)26-33(31,32)19-6-4-3-5-7-19/h3-11,18,20,26H,2,12-15H2,1H3/t20-/m1/s1. The number of piperidine rings is 1. The van der Waals surface area contributed by atoms with Crippen molar-refractivity contribution in [1.82, 2.24) is 29.8 Å². The average Bonchev–Trinajstić information content (AvgIpc) is 3.30. The van der Waals surface area contributed by atoms with Gasteiger partial charge in [-0.3, -0.25) is 4.79 Å². The molecule has 2 heterocycles. The number of tetrazole rings is 1. The van der Waals surface area contributed by atoms with E-state index in [1.54, 1.807) is 59.5 Å². The highest BCUT2D eigenvalue weighted by Crippen LogP contribution is 2.21. The van der Waals surface area contributed by atoms with Crippen LogP contribution < -0.4 is 4.72 Å². The molecule has 1 N–H and O–H groups in total. The number of amides is 1. The van der Waals surface area contributed by atoms with Crippen LogP contribution in [0, 0.1) is 0 Å². The van der Waals surface area contributed by atoms with Gasteiger partial charge in [-0.15, -0.1) is 10.2 Å². The number of halogens is 1. The number of rotatable bonds is 7. The van der Waals surface area contributed by atoms with Crippen LogP contribution in [-0.2, 0) is 14.8 Å². The SMILES string of the molecule is CC[C@H](C(=O)N1CCC(NS(=O)(=O)c2ccccc2)CC1)n1nnc(-c2ccc(Cl)cc2)n1. The number of nitrogens with zero attached hydrogens (tertiary/aromatic N) is 5. The van der Waals surface area contributed by atoms with Gasteiger partial charge in [0.2, 0.25) is 21.8 Å². The fourth-order valence-corrected chi connectivity index (χ4v) is 5.28. The van der Waals surface area contributed by atoms with E-state index in [4.69, 9.17) is 11.6 Å². The van der Waals surface area contributed by atoms with E-state index >= 15 is 0 Å². The molecule has 0 bridgehead atoms. The van der Waals surface area contributed by atoms with Crippen LogP contribution in [0.25, 0.3) is 11.4 Å². The van der Waals surface area contributed by atoms with Crippen molar-refractivity contribution in [3.05, 3.63) is 59.6 Å². The summed E-state index contributed by atoms with van der Waals surface area (Å²) in [5.41, 5.74) is 0.763. The molecule has 1 fully saturated rings. The van der Waals surface area contributed by atoms with Gasteiger partial charge in [0, 0.05) is 29.7 Å². The van der Waals surface area contributed by atoms with Crippen molar-refractivity contribution in [1.29, 1.82) is 0 Å². The Hall–Kier alpha value is -2.82. The van der Waals surface area contributed by atoms with E-state index in [0.717, 1.165) is 5.56 Å². The zero-order valence-electron chi connectivity index (χ0n) is 18.1. The number of nitrogens with one attached hydrogen (secondary N) is 1. The first-order chi connectivity index (χ1) is 15.9. The molecule has 0 spiro atoms. The summed E-state index contributed by atoms with van der Waals surface area (Å²) < 4.78 is 27.9. The third kappa shape index (κ3) is 5.40. The second-order valence-corrected chi connectivity index (χ2v) is 10.0. The van der Waals surface area contributed by atoms with Crippen LogP contribution in [0.4, 0.5) is 0 Å². The van der Waals surface area contributed by atoms with Crippen molar-refractivity contribution in [2.45, 2.75) is 43.2 Å². The summed E-state index contributed by atoms with van der Waals surface area (Å²) in [5, 5.41) is 13.2. The lowest BCUT2D eigenvalue weighted by atomic mass is 10.0. The molecule has 9 nitrogen and oxygen atoms in total. The monoisotopic (exact) mass is 488 g/mol. The van der Waals surface area contributed by atoms with E-state index in [2.05, 4.69) is 20.1 Å². The van der Waals surface area contributed by atoms with E-state index in [9.17, 15) is 13.2 Å². The van der Waals surface area contributed by atoms with Gasteiger partial charge in [0.05, 0.1) is 4.90 Å². The third-order valence-electron chi connectivity index (χ3n) is 5.66. The van der Waals surface area contributed by atoms with E-state index in [-0.39, 0.29) is 16.8 Å². The summed E-state index contributed by atoms with van der Waals surface area (Å²) in [4.78, 5) is 16.5. The predicted octanol–water partition coefficient (Wildman–Crippen LogP) is 2.91. The van der Waals surface area contributed by atoms with Gasteiger partial charge in [-0.05, 0) is 60.9 Å². The second-order valence-electron chi connectivity index (χ2n) is 7.90. The van der Waals surface area contributed by atoms with Gasteiger partial charge >= 0.3 is 0 Å². The van der Waals surface area contributed by atoms with Crippen LogP contribution >= 0.6 is 11.6 Å². The molecule has 0 aliphatic carbocycles. The molecule has 11 heteroatoms. The highest BCUT2D eigenvalue weighted by Gasteiger charge is 2.31. The first-order valence-electron chi connectivity index (χ1n) is 10.8. The number of benzene rings is 2. The number of likely N-dealkylation sites (tertiary alicyclic amines) is 1. The van der Waals surface area contributed by atoms with Crippen LogP contribution in [0.2, 0.25) is 5.02 Å². The quantitative estimate of drug-likeness (QED) is 0.547. The smallest absolute Gasteiger partial charge is 0.249 e. The minimum atomic E-state index is -3.58. The van der Waals surface area contributed by atoms with Crippen LogP contribution in [0.1, 0.15) is 32.2 Å². The minimum absolute atomic E-state index is 0.0954. The Kier molecular flexibility index (Phi) is 7.06. The van der Waals surface area contributed by atoms with E-state index < -0.39 is 16.1 Å². The number of hydrogen-bond acceptors (Lipinski definition) is 6. The van der Waals surface area contributed by atoms with Gasteiger partial charge in [0.1, 0.15) is 0 Å². The molecule has 1 amide bonds. The molecule has 4 rings (SSSR count). The zero-order valence-corrected chi connectivity index (χ0v) is 19.7. The number of hydrogen-bond donors (Lipinski definition) is 1. The topological polar surface area (TPSA) is 110 Å². The summed E-state index contributed by atoms with van der Waals surface area (Å²) in [5.74, 6) is 0.328. The van der Waals surface area contributed by atoms with E-state index in [1.165, 1.54) is 4.80 Å². The molecule has 2 aromatic carbocycles. The fraction of sp³-hybridized carbons (Fsp3) is 0.364. The Morgan fingerprint density at radius 3 is 2.42 bits per heavy atom. The first-order valence-corrected chi connectivity index (χ1v) is 12.6. The Morgan fingerprint density at radius 1 is 1.12 bits per heavy atom. The third-order valence-corrected chi connectivity index (χ3v) is 7.45. The molecule has 0 saturated carbocycles. The summed E-state index contributed by atoms with van der Waals surface area (Å²) >= 11 is 5.93. The Balaban J connectivity index is 1.38. The summed E-state index contributed by atoms with van der Waals surface area (Å²) in [7, 11) is -3.58. The molecular weight excluding hydrogens is 464 g/mol. The lowest BCUT2D eigenvalue weighted by Crippen LogP contribution is -2.48. The second kappa shape index (κ2) is 9.98. The van der Waals surface area contributed by atoms with Gasteiger partial charge in [-0.25, -0.2) is 13.1 Å². The molecule has 1 atom stereocenters. The first kappa shape index (κ1) is 23.3. The Labute approximate surface area is 197 Å². The molecule has 1 aliphatic heterocycles. The van der Waals surface area contributed by atoms with Crippen molar-refractivity contribution in [2.24, 2.45) is 0 Å². The summed E-state index contributed by atoms with van der Waals surface area (Å²) in [6.07, 6.45) is 1.58. The van der Waals surface area contributed by atoms with E-state index in [1.807, 2.05) is 6.92 Å². The lowest BCUT2D eigenvalue weighted by Gasteiger charge is -2.33. The maximum absolute atomic E-state index is 13.2. The highest BCUT2D eigenvalue weighted by molar-refractivity contribution is 7.89. The van der Waals surface area contributed by atoms with E-state index in [0.29, 0.717) is 43.2 Å². The van der Waals surface area contributed by atoms with Gasteiger partial charge in [0.25, 0.3) is 0 Å². The fourth-order valence-electron chi connectivity index (χ4n) is 3.82. The molecule has 33 heavy (non-hydrogen) atoms. The van der Waals surface area contributed by atoms with Crippen LogP contribution in [0.15, 0.2) is 59.5 Å². The molecule has 174 valence electrons. The molecule has 0 radical (unpaired) electrons. The molecule has 1 saturated heterocycles. The largest absolute Gasteiger partial charge is 0.341 e. The molecule has 1 aromatic heterocycles. The maximum Gasteiger partial charge on any atom is 0.249 e. The van der Waals surface area contributed by atoms with Crippen molar-refractivity contribution in [3.63, 3.8) is 0 Å². The number of carbonyl (C=O) groups is 1. The zero-order chi connectivity index (χ0) is 23.4.